The van der Waals surface area contributed by atoms with Crippen molar-refractivity contribution in [2.75, 3.05) is 5.32 Å². The van der Waals surface area contributed by atoms with Crippen molar-refractivity contribution in [1.82, 2.24) is 9.97 Å². The number of thiophene rings is 1. The van der Waals surface area contributed by atoms with Gasteiger partial charge < -0.3 is 5.32 Å². The molecule has 0 aliphatic rings. The quantitative estimate of drug-likeness (QED) is 0.285. The van der Waals surface area contributed by atoms with Gasteiger partial charge >= 0.3 is 0 Å². The van der Waals surface area contributed by atoms with Crippen LogP contribution in [0.3, 0.4) is 0 Å². The molecule has 1 N–H and O–H groups in total. The number of nitro benzene ring substituents is 1. The molecule has 140 valence electrons. The van der Waals surface area contributed by atoms with E-state index in [1.807, 2.05) is 31.2 Å². The first kappa shape index (κ1) is 18.5. The molecule has 0 atom stereocenters. The molecule has 6 nitrogen and oxygen atoms in total. The Kier molecular flexibility index (Phi) is 4.82. The van der Waals surface area contributed by atoms with Crippen LogP contribution in [0.5, 0.6) is 0 Å². The van der Waals surface area contributed by atoms with E-state index in [0.717, 1.165) is 36.3 Å². The minimum atomic E-state index is -0.401. The van der Waals surface area contributed by atoms with Gasteiger partial charge in [-0.1, -0.05) is 34.1 Å². The minimum absolute atomic E-state index is 0.0352. The summed E-state index contributed by atoms with van der Waals surface area (Å²) in [6.07, 6.45) is 1.51. The molecule has 2 aromatic carbocycles. The third kappa shape index (κ3) is 3.36. The van der Waals surface area contributed by atoms with E-state index >= 15 is 0 Å². The lowest BCUT2D eigenvalue weighted by molar-refractivity contribution is -0.384. The maximum Gasteiger partial charge on any atom is 0.271 e. The Balaban J connectivity index is 1.88. The molecule has 0 bridgehead atoms. The largest absolute Gasteiger partial charge is 0.339 e. The molecule has 0 aliphatic heterocycles. The first-order chi connectivity index (χ1) is 13.4. The third-order valence-corrected chi connectivity index (χ3v) is 6.02. The molecule has 0 saturated carbocycles. The second kappa shape index (κ2) is 7.29. The van der Waals surface area contributed by atoms with E-state index in [2.05, 4.69) is 38.1 Å². The van der Waals surface area contributed by atoms with E-state index in [1.54, 1.807) is 17.4 Å². The zero-order valence-corrected chi connectivity index (χ0v) is 17.5. The number of rotatable bonds is 4. The van der Waals surface area contributed by atoms with Gasteiger partial charge in [0.05, 0.1) is 10.3 Å². The van der Waals surface area contributed by atoms with Gasteiger partial charge in [0.1, 0.15) is 17.0 Å². The maximum atomic E-state index is 11.1. The number of benzene rings is 2. The summed E-state index contributed by atoms with van der Waals surface area (Å²) < 4.78 is 1.01. The standard InChI is InChI=1S/C20H15BrN4O2S/c1-11-3-8-15(25(26)27)9-16(11)24-19-18-17(13-4-6-14(21)7-5-13)12(2)28-20(18)23-10-22-19/h3-10H,1-2H3,(H,22,23,24). The molecule has 0 radical (unpaired) electrons. The van der Waals surface area contributed by atoms with E-state index in [4.69, 9.17) is 0 Å². The summed E-state index contributed by atoms with van der Waals surface area (Å²) >= 11 is 5.08. The number of nitrogens with zero attached hydrogens (tertiary/aromatic N) is 3. The van der Waals surface area contributed by atoms with Crippen LogP contribution in [0.15, 0.2) is 53.3 Å². The highest BCUT2D eigenvalue weighted by molar-refractivity contribution is 9.10. The van der Waals surface area contributed by atoms with Crippen molar-refractivity contribution in [2.24, 2.45) is 0 Å². The van der Waals surface area contributed by atoms with Crippen molar-refractivity contribution in [3.8, 4) is 11.1 Å². The van der Waals surface area contributed by atoms with Gasteiger partial charge in [-0.15, -0.1) is 11.3 Å². The van der Waals surface area contributed by atoms with Crippen molar-refractivity contribution in [2.45, 2.75) is 13.8 Å². The van der Waals surface area contributed by atoms with Crippen LogP contribution in [-0.2, 0) is 0 Å². The van der Waals surface area contributed by atoms with Crippen molar-refractivity contribution in [1.29, 1.82) is 0 Å². The van der Waals surface area contributed by atoms with Crippen LogP contribution in [-0.4, -0.2) is 14.9 Å². The summed E-state index contributed by atoms with van der Waals surface area (Å²) in [7, 11) is 0. The summed E-state index contributed by atoms with van der Waals surface area (Å²) in [5.74, 6) is 0.635. The molecule has 2 heterocycles. The molecule has 2 aromatic heterocycles. The first-order valence-electron chi connectivity index (χ1n) is 8.46. The van der Waals surface area contributed by atoms with Gasteiger partial charge in [0.25, 0.3) is 5.69 Å². The van der Waals surface area contributed by atoms with E-state index in [9.17, 15) is 10.1 Å². The number of fused-ring (bicyclic) bond motifs is 1. The van der Waals surface area contributed by atoms with E-state index in [-0.39, 0.29) is 5.69 Å². The first-order valence-corrected chi connectivity index (χ1v) is 10.1. The fraction of sp³-hybridized carbons (Fsp3) is 0.100. The maximum absolute atomic E-state index is 11.1. The second-order valence-corrected chi connectivity index (χ2v) is 8.44. The Morgan fingerprint density at radius 1 is 1.11 bits per heavy atom. The van der Waals surface area contributed by atoms with E-state index in [1.165, 1.54) is 18.5 Å². The number of aromatic nitrogens is 2. The molecule has 0 spiro atoms. The highest BCUT2D eigenvalue weighted by Gasteiger charge is 2.18. The van der Waals surface area contributed by atoms with Crippen molar-refractivity contribution in [3.63, 3.8) is 0 Å². The SMILES string of the molecule is Cc1ccc([N+](=O)[O-])cc1Nc1ncnc2sc(C)c(-c3ccc(Br)cc3)c12. The zero-order valence-electron chi connectivity index (χ0n) is 15.1. The molecule has 4 rings (SSSR count). The van der Waals surface area contributed by atoms with Gasteiger partial charge in [0.15, 0.2) is 0 Å². The molecular formula is C20H15BrN4O2S. The molecule has 8 heteroatoms. The smallest absolute Gasteiger partial charge is 0.271 e. The van der Waals surface area contributed by atoms with Gasteiger partial charge in [-0.2, -0.15) is 0 Å². The average molecular weight is 455 g/mol. The summed E-state index contributed by atoms with van der Waals surface area (Å²) in [6.45, 7) is 3.96. The van der Waals surface area contributed by atoms with Crippen LogP contribution in [0.2, 0.25) is 0 Å². The van der Waals surface area contributed by atoms with Crippen LogP contribution in [0, 0.1) is 24.0 Å². The lowest BCUT2D eigenvalue weighted by atomic mass is 10.0. The van der Waals surface area contributed by atoms with Gasteiger partial charge in [-0.3, -0.25) is 10.1 Å². The summed E-state index contributed by atoms with van der Waals surface area (Å²) in [5, 5.41) is 15.4. The molecule has 0 saturated heterocycles. The van der Waals surface area contributed by atoms with Crippen LogP contribution in [0.4, 0.5) is 17.2 Å². The van der Waals surface area contributed by atoms with Crippen LogP contribution in [0.1, 0.15) is 10.4 Å². The molecule has 4 aromatic rings. The van der Waals surface area contributed by atoms with Crippen molar-refractivity contribution < 1.29 is 4.92 Å². The Labute approximate surface area is 173 Å². The van der Waals surface area contributed by atoms with Gasteiger partial charge in [0, 0.05) is 32.7 Å². The summed E-state index contributed by atoms with van der Waals surface area (Å²) in [4.78, 5) is 21.6. The molecule has 28 heavy (non-hydrogen) atoms. The number of anilines is 2. The van der Waals surface area contributed by atoms with Crippen LogP contribution < -0.4 is 5.32 Å². The number of nitro groups is 1. The van der Waals surface area contributed by atoms with Gasteiger partial charge in [-0.25, -0.2) is 9.97 Å². The molecular weight excluding hydrogens is 440 g/mol. The monoisotopic (exact) mass is 454 g/mol. The van der Waals surface area contributed by atoms with Crippen LogP contribution >= 0.6 is 27.3 Å². The van der Waals surface area contributed by atoms with Gasteiger partial charge in [0.2, 0.25) is 0 Å². The lowest BCUT2D eigenvalue weighted by Gasteiger charge is -2.11. The number of aryl methyl sites for hydroxylation is 2. The lowest BCUT2D eigenvalue weighted by Crippen LogP contribution is -1.99. The third-order valence-electron chi connectivity index (χ3n) is 4.48. The predicted molar refractivity (Wildman–Crippen MR) is 116 cm³/mol. The number of non-ortho nitro benzene ring substituents is 1. The molecule has 0 amide bonds. The van der Waals surface area contributed by atoms with E-state index in [0.29, 0.717) is 11.5 Å². The average Bonchev–Trinajstić information content (AvgIpc) is 3.01. The van der Waals surface area contributed by atoms with Gasteiger partial charge in [-0.05, 0) is 37.1 Å². The normalized spacial score (nSPS) is 11.0. The fourth-order valence-electron chi connectivity index (χ4n) is 3.09. The van der Waals surface area contributed by atoms with Crippen molar-refractivity contribution in [3.05, 3.63) is 73.8 Å². The topological polar surface area (TPSA) is 81.0 Å². The summed E-state index contributed by atoms with van der Waals surface area (Å²) in [6, 6.07) is 12.9. The Bertz CT molecular complexity index is 1210. The number of hydrogen-bond donors (Lipinski definition) is 1. The molecule has 0 aliphatic carbocycles. The number of halogens is 1. The number of nitrogens with one attached hydrogen (secondary N) is 1. The predicted octanol–water partition coefficient (Wildman–Crippen LogP) is 6.39. The Morgan fingerprint density at radius 2 is 1.86 bits per heavy atom. The molecule has 0 unspecified atom stereocenters. The van der Waals surface area contributed by atoms with Crippen LogP contribution in [0.25, 0.3) is 21.3 Å². The fourth-order valence-corrected chi connectivity index (χ4v) is 4.37. The summed E-state index contributed by atoms with van der Waals surface area (Å²) in [5.41, 5.74) is 3.72. The Hall–Kier alpha value is -2.84. The highest BCUT2D eigenvalue weighted by Crippen LogP contribution is 2.41. The highest BCUT2D eigenvalue weighted by atomic mass is 79.9. The Morgan fingerprint density at radius 3 is 2.57 bits per heavy atom. The molecule has 0 fully saturated rings. The minimum Gasteiger partial charge on any atom is -0.339 e. The zero-order chi connectivity index (χ0) is 19.8. The van der Waals surface area contributed by atoms with E-state index < -0.39 is 4.92 Å². The van der Waals surface area contributed by atoms with Crippen molar-refractivity contribution >= 4 is 54.7 Å². The second-order valence-electron chi connectivity index (χ2n) is 6.32. The number of hydrogen-bond acceptors (Lipinski definition) is 6.